The predicted octanol–water partition coefficient (Wildman–Crippen LogP) is 3.02. The molecule has 112 valence electrons. The SMILES string of the molecule is Cn1c(SC2CCCCC2O)nnc1-c1ccc(F)cc1. The van der Waals surface area contributed by atoms with E-state index in [-0.39, 0.29) is 17.2 Å². The molecule has 1 aliphatic carbocycles. The Balaban J connectivity index is 1.80. The molecule has 2 unspecified atom stereocenters. The summed E-state index contributed by atoms with van der Waals surface area (Å²) in [4.78, 5) is 0. The van der Waals surface area contributed by atoms with Crippen LogP contribution in [0.3, 0.4) is 0 Å². The molecule has 0 saturated heterocycles. The average Bonchev–Trinajstić information content (AvgIpc) is 2.84. The molecule has 2 atom stereocenters. The Hall–Kier alpha value is -1.40. The zero-order valence-corrected chi connectivity index (χ0v) is 12.7. The maximum Gasteiger partial charge on any atom is 0.191 e. The molecule has 1 heterocycles. The summed E-state index contributed by atoms with van der Waals surface area (Å²) in [6, 6.07) is 6.23. The number of aromatic nitrogens is 3. The first kappa shape index (κ1) is 14.5. The van der Waals surface area contributed by atoms with Gasteiger partial charge in [-0.05, 0) is 37.1 Å². The number of benzene rings is 1. The van der Waals surface area contributed by atoms with Crippen LogP contribution in [0.2, 0.25) is 0 Å². The van der Waals surface area contributed by atoms with Gasteiger partial charge in [0.1, 0.15) is 5.82 Å². The zero-order valence-electron chi connectivity index (χ0n) is 11.9. The lowest BCUT2D eigenvalue weighted by atomic mass is 9.97. The largest absolute Gasteiger partial charge is 0.392 e. The molecule has 1 N–H and O–H groups in total. The molecular weight excluding hydrogens is 289 g/mol. The summed E-state index contributed by atoms with van der Waals surface area (Å²) in [5.41, 5.74) is 0.836. The number of rotatable bonds is 3. The van der Waals surface area contributed by atoms with Gasteiger partial charge in [0.05, 0.1) is 6.10 Å². The number of halogens is 1. The highest BCUT2D eigenvalue weighted by Gasteiger charge is 2.26. The first-order chi connectivity index (χ1) is 10.1. The van der Waals surface area contributed by atoms with Gasteiger partial charge in [-0.15, -0.1) is 10.2 Å². The van der Waals surface area contributed by atoms with Gasteiger partial charge in [0, 0.05) is 17.9 Å². The van der Waals surface area contributed by atoms with Gasteiger partial charge in [-0.3, -0.25) is 0 Å². The lowest BCUT2D eigenvalue weighted by Gasteiger charge is -2.26. The Kier molecular flexibility index (Phi) is 4.26. The molecule has 1 saturated carbocycles. The average molecular weight is 307 g/mol. The van der Waals surface area contributed by atoms with Gasteiger partial charge in [-0.1, -0.05) is 24.6 Å². The van der Waals surface area contributed by atoms with Crippen molar-refractivity contribution in [3.05, 3.63) is 30.1 Å². The van der Waals surface area contributed by atoms with E-state index < -0.39 is 0 Å². The van der Waals surface area contributed by atoms with E-state index in [9.17, 15) is 9.50 Å². The van der Waals surface area contributed by atoms with E-state index in [2.05, 4.69) is 10.2 Å². The highest BCUT2D eigenvalue weighted by molar-refractivity contribution is 7.99. The monoisotopic (exact) mass is 307 g/mol. The van der Waals surface area contributed by atoms with Crippen LogP contribution < -0.4 is 0 Å². The number of hydrogen-bond donors (Lipinski definition) is 1. The molecule has 1 aromatic heterocycles. The number of aliphatic hydroxyl groups excluding tert-OH is 1. The molecule has 3 rings (SSSR count). The lowest BCUT2D eigenvalue weighted by molar-refractivity contribution is 0.137. The van der Waals surface area contributed by atoms with Crippen LogP contribution in [0, 0.1) is 5.82 Å². The Morgan fingerprint density at radius 2 is 1.90 bits per heavy atom. The summed E-state index contributed by atoms with van der Waals surface area (Å²) >= 11 is 1.58. The van der Waals surface area contributed by atoms with Crippen molar-refractivity contribution in [1.29, 1.82) is 0 Å². The molecule has 1 aliphatic rings. The zero-order chi connectivity index (χ0) is 14.8. The topological polar surface area (TPSA) is 50.9 Å². The molecule has 0 bridgehead atoms. The van der Waals surface area contributed by atoms with Crippen LogP contribution in [0.25, 0.3) is 11.4 Å². The third-order valence-electron chi connectivity index (χ3n) is 3.86. The summed E-state index contributed by atoms with van der Waals surface area (Å²) < 4.78 is 14.9. The predicted molar refractivity (Wildman–Crippen MR) is 80.5 cm³/mol. The Morgan fingerprint density at radius 1 is 1.19 bits per heavy atom. The highest BCUT2D eigenvalue weighted by atomic mass is 32.2. The standard InChI is InChI=1S/C15H18FN3OS/c1-19-14(10-6-8-11(16)9-7-10)17-18-15(19)21-13-5-3-2-4-12(13)20/h6-9,12-13,20H,2-5H2,1H3. The molecule has 0 radical (unpaired) electrons. The van der Waals surface area contributed by atoms with Crippen molar-refractivity contribution in [2.24, 2.45) is 7.05 Å². The van der Waals surface area contributed by atoms with E-state index in [1.54, 1.807) is 23.9 Å². The smallest absolute Gasteiger partial charge is 0.191 e. The van der Waals surface area contributed by atoms with Crippen molar-refractivity contribution in [2.45, 2.75) is 42.2 Å². The molecule has 0 aliphatic heterocycles. The minimum atomic E-state index is -0.269. The molecule has 1 aromatic carbocycles. The van der Waals surface area contributed by atoms with Gasteiger partial charge in [0.15, 0.2) is 11.0 Å². The van der Waals surface area contributed by atoms with Crippen LogP contribution in [-0.2, 0) is 7.05 Å². The van der Waals surface area contributed by atoms with E-state index in [0.29, 0.717) is 5.82 Å². The molecular formula is C15H18FN3OS. The highest BCUT2D eigenvalue weighted by Crippen LogP contribution is 2.34. The minimum Gasteiger partial charge on any atom is -0.392 e. The van der Waals surface area contributed by atoms with E-state index >= 15 is 0 Å². The molecule has 1 fully saturated rings. The van der Waals surface area contributed by atoms with E-state index in [1.165, 1.54) is 12.1 Å². The van der Waals surface area contributed by atoms with Crippen molar-refractivity contribution >= 4 is 11.8 Å². The Labute approximate surface area is 127 Å². The van der Waals surface area contributed by atoms with E-state index in [4.69, 9.17) is 0 Å². The maximum atomic E-state index is 13.0. The lowest BCUT2D eigenvalue weighted by Crippen LogP contribution is -2.27. The van der Waals surface area contributed by atoms with Gasteiger partial charge in [-0.25, -0.2) is 4.39 Å². The second-order valence-corrected chi connectivity index (χ2v) is 6.59. The number of thioether (sulfide) groups is 1. The van der Waals surface area contributed by atoms with Gasteiger partial charge < -0.3 is 9.67 Å². The van der Waals surface area contributed by atoms with Crippen LogP contribution in [0.5, 0.6) is 0 Å². The fourth-order valence-electron chi connectivity index (χ4n) is 2.62. The quantitative estimate of drug-likeness (QED) is 0.947. The Morgan fingerprint density at radius 3 is 2.62 bits per heavy atom. The second kappa shape index (κ2) is 6.15. The third kappa shape index (κ3) is 3.11. The fraction of sp³-hybridized carbons (Fsp3) is 0.467. The first-order valence-electron chi connectivity index (χ1n) is 7.15. The van der Waals surface area contributed by atoms with E-state index in [1.807, 2.05) is 11.6 Å². The number of aliphatic hydroxyl groups is 1. The molecule has 6 heteroatoms. The molecule has 0 amide bonds. The molecule has 0 spiro atoms. The summed E-state index contributed by atoms with van der Waals surface area (Å²) in [6.07, 6.45) is 3.84. The van der Waals surface area contributed by atoms with Crippen LogP contribution in [-0.4, -0.2) is 31.2 Å². The van der Waals surface area contributed by atoms with Gasteiger partial charge in [0.2, 0.25) is 0 Å². The van der Waals surface area contributed by atoms with Crippen LogP contribution in [0.1, 0.15) is 25.7 Å². The molecule has 21 heavy (non-hydrogen) atoms. The van der Waals surface area contributed by atoms with Crippen LogP contribution in [0.15, 0.2) is 29.4 Å². The van der Waals surface area contributed by atoms with Crippen molar-refractivity contribution in [3.63, 3.8) is 0 Å². The number of hydrogen-bond acceptors (Lipinski definition) is 4. The minimum absolute atomic E-state index is 0.183. The molecule has 2 aromatic rings. The summed E-state index contributed by atoms with van der Waals surface area (Å²) in [5.74, 6) is 0.448. The summed E-state index contributed by atoms with van der Waals surface area (Å²) in [6.45, 7) is 0. The van der Waals surface area contributed by atoms with Gasteiger partial charge in [-0.2, -0.15) is 0 Å². The van der Waals surface area contributed by atoms with Crippen LogP contribution in [0.4, 0.5) is 4.39 Å². The summed E-state index contributed by atoms with van der Waals surface area (Å²) in [5, 5.41) is 19.4. The third-order valence-corrected chi connectivity index (χ3v) is 5.28. The molecule has 4 nitrogen and oxygen atoms in total. The van der Waals surface area contributed by atoms with E-state index in [0.717, 1.165) is 36.4 Å². The Bertz CT molecular complexity index is 614. The maximum absolute atomic E-state index is 13.0. The van der Waals surface area contributed by atoms with Crippen molar-refractivity contribution < 1.29 is 9.50 Å². The van der Waals surface area contributed by atoms with Crippen molar-refractivity contribution in [2.75, 3.05) is 0 Å². The van der Waals surface area contributed by atoms with Gasteiger partial charge in [0.25, 0.3) is 0 Å². The van der Waals surface area contributed by atoms with Crippen LogP contribution >= 0.6 is 11.8 Å². The fourth-order valence-corrected chi connectivity index (χ4v) is 3.80. The first-order valence-corrected chi connectivity index (χ1v) is 8.03. The number of nitrogens with zero attached hydrogens (tertiary/aromatic N) is 3. The van der Waals surface area contributed by atoms with Crippen molar-refractivity contribution in [3.8, 4) is 11.4 Å². The normalized spacial score (nSPS) is 22.4. The second-order valence-electron chi connectivity index (χ2n) is 5.38. The van der Waals surface area contributed by atoms with Gasteiger partial charge >= 0.3 is 0 Å². The van der Waals surface area contributed by atoms with Crippen molar-refractivity contribution in [1.82, 2.24) is 14.8 Å². The summed E-state index contributed by atoms with van der Waals surface area (Å²) in [7, 11) is 1.90.